The highest BCUT2D eigenvalue weighted by molar-refractivity contribution is 7.85. The van der Waals surface area contributed by atoms with Crippen molar-refractivity contribution < 1.29 is 17.4 Å². The summed E-state index contributed by atoms with van der Waals surface area (Å²) in [6.07, 6.45) is 5.26. The molecule has 1 rings (SSSR count). The van der Waals surface area contributed by atoms with E-state index in [-0.39, 0.29) is 6.54 Å². The second-order valence-electron chi connectivity index (χ2n) is 4.44. The van der Waals surface area contributed by atoms with E-state index < -0.39 is 22.0 Å². The lowest BCUT2D eigenvalue weighted by molar-refractivity contribution is 0.315. The van der Waals surface area contributed by atoms with Gasteiger partial charge in [0.1, 0.15) is 11.9 Å². The molecule has 6 heteroatoms. The van der Waals surface area contributed by atoms with Crippen molar-refractivity contribution in [1.82, 2.24) is 5.32 Å². The molecule has 0 unspecified atom stereocenters. The van der Waals surface area contributed by atoms with Gasteiger partial charge in [-0.05, 0) is 12.8 Å². The van der Waals surface area contributed by atoms with Crippen LogP contribution in [0.25, 0.3) is 0 Å². The predicted molar refractivity (Wildman–Crippen MR) is 60.8 cm³/mol. The molecule has 1 saturated carbocycles. The van der Waals surface area contributed by atoms with E-state index in [0.717, 1.165) is 25.7 Å². The van der Waals surface area contributed by atoms with Crippen LogP contribution < -0.4 is 5.32 Å². The number of rotatable bonds is 5. The van der Waals surface area contributed by atoms with E-state index in [1.807, 2.05) is 0 Å². The first-order chi connectivity index (χ1) is 7.47. The van der Waals surface area contributed by atoms with Crippen molar-refractivity contribution >= 4 is 10.1 Å². The second-order valence-corrected chi connectivity index (χ2v) is 5.94. The Morgan fingerprint density at radius 1 is 1.25 bits per heavy atom. The molecule has 0 amide bonds. The van der Waals surface area contributed by atoms with E-state index in [4.69, 9.17) is 4.55 Å². The van der Waals surface area contributed by atoms with Crippen molar-refractivity contribution in [1.29, 1.82) is 0 Å². The number of hydrogen-bond acceptors (Lipinski definition) is 3. The quantitative estimate of drug-likeness (QED) is 0.576. The molecule has 0 radical (unpaired) electrons. The van der Waals surface area contributed by atoms with Crippen molar-refractivity contribution in [3.63, 3.8) is 0 Å². The molecule has 0 heterocycles. The number of halogens is 1. The Balaban J connectivity index is 2.22. The van der Waals surface area contributed by atoms with Crippen LogP contribution in [-0.4, -0.2) is 37.5 Å². The van der Waals surface area contributed by atoms with Gasteiger partial charge >= 0.3 is 0 Å². The lowest BCUT2D eigenvalue weighted by Crippen LogP contribution is -2.36. The van der Waals surface area contributed by atoms with Crippen LogP contribution in [0.15, 0.2) is 0 Å². The minimum absolute atomic E-state index is 0.00442. The molecule has 1 aliphatic rings. The highest BCUT2D eigenvalue weighted by atomic mass is 32.2. The van der Waals surface area contributed by atoms with Gasteiger partial charge < -0.3 is 5.32 Å². The molecule has 0 spiro atoms. The van der Waals surface area contributed by atoms with Crippen LogP contribution in [0.5, 0.6) is 0 Å². The first-order valence-electron chi connectivity index (χ1n) is 5.80. The minimum Gasteiger partial charge on any atom is -0.311 e. The summed E-state index contributed by atoms with van der Waals surface area (Å²) in [6, 6.07) is 0.294. The van der Waals surface area contributed by atoms with E-state index in [9.17, 15) is 12.8 Å². The van der Waals surface area contributed by atoms with Gasteiger partial charge in [-0.15, -0.1) is 0 Å². The summed E-state index contributed by atoms with van der Waals surface area (Å²) in [5.74, 6) is -0.813. The van der Waals surface area contributed by atoms with E-state index in [1.165, 1.54) is 12.8 Å². The van der Waals surface area contributed by atoms with Gasteiger partial charge in [-0.25, -0.2) is 4.39 Å². The maximum atomic E-state index is 13.2. The fourth-order valence-corrected chi connectivity index (χ4v) is 2.64. The maximum Gasteiger partial charge on any atom is 0.267 e. The Morgan fingerprint density at radius 3 is 2.31 bits per heavy atom. The first-order valence-corrected chi connectivity index (χ1v) is 7.41. The molecular weight excluding hydrogens is 233 g/mol. The molecule has 0 aromatic rings. The molecule has 2 N–H and O–H groups in total. The second kappa shape index (κ2) is 6.51. The lowest BCUT2D eigenvalue weighted by atomic mass is 10.1. The van der Waals surface area contributed by atoms with Gasteiger partial charge in [0.25, 0.3) is 10.1 Å². The van der Waals surface area contributed by atoms with Gasteiger partial charge in [0, 0.05) is 12.6 Å². The predicted octanol–water partition coefficient (Wildman–Crippen LogP) is 1.52. The normalized spacial score (nSPS) is 21.6. The van der Waals surface area contributed by atoms with Gasteiger partial charge in [0.2, 0.25) is 0 Å². The molecule has 0 aromatic heterocycles. The zero-order valence-corrected chi connectivity index (χ0v) is 10.2. The van der Waals surface area contributed by atoms with Crippen LogP contribution >= 0.6 is 0 Å². The summed E-state index contributed by atoms with van der Waals surface area (Å²) in [7, 11) is -4.20. The summed E-state index contributed by atoms with van der Waals surface area (Å²) in [6.45, 7) is 0.00442. The fourth-order valence-electron chi connectivity index (χ4n) is 2.07. The van der Waals surface area contributed by atoms with Crippen LogP contribution in [0, 0.1) is 0 Å². The van der Waals surface area contributed by atoms with Crippen LogP contribution in [0.1, 0.15) is 38.5 Å². The summed E-state index contributed by atoms with van der Waals surface area (Å²) in [4.78, 5) is 0. The number of alkyl halides is 1. The summed E-state index contributed by atoms with van der Waals surface area (Å²) in [5.41, 5.74) is 0. The SMILES string of the molecule is O=S(=O)(O)C[C@@H](F)CNC1CCCCCC1. The average molecular weight is 253 g/mol. The molecule has 0 aromatic carbocycles. The van der Waals surface area contributed by atoms with E-state index in [0.29, 0.717) is 6.04 Å². The van der Waals surface area contributed by atoms with Gasteiger partial charge in [-0.1, -0.05) is 25.7 Å². The third kappa shape index (κ3) is 6.40. The smallest absolute Gasteiger partial charge is 0.267 e. The van der Waals surface area contributed by atoms with Crippen molar-refractivity contribution in [3.05, 3.63) is 0 Å². The molecule has 96 valence electrons. The third-order valence-corrected chi connectivity index (χ3v) is 3.66. The van der Waals surface area contributed by atoms with E-state index in [2.05, 4.69) is 5.32 Å². The fraction of sp³-hybridized carbons (Fsp3) is 1.00. The molecular formula is C10H20FNO3S. The van der Waals surface area contributed by atoms with Gasteiger partial charge in [-0.3, -0.25) is 4.55 Å². The summed E-state index contributed by atoms with van der Waals surface area (Å²) < 4.78 is 42.5. The average Bonchev–Trinajstić information content (AvgIpc) is 2.39. The highest BCUT2D eigenvalue weighted by Crippen LogP contribution is 2.17. The molecule has 0 saturated heterocycles. The Bertz CT molecular complexity index is 286. The van der Waals surface area contributed by atoms with Crippen molar-refractivity contribution in [2.75, 3.05) is 12.3 Å². The highest BCUT2D eigenvalue weighted by Gasteiger charge is 2.18. The zero-order chi connectivity index (χ0) is 12.0. The van der Waals surface area contributed by atoms with Crippen LogP contribution in [0.3, 0.4) is 0 Å². The van der Waals surface area contributed by atoms with Crippen molar-refractivity contribution in [2.45, 2.75) is 50.7 Å². The van der Waals surface area contributed by atoms with Gasteiger partial charge in [0.15, 0.2) is 0 Å². The van der Waals surface area contributed by atoms with E-state index in [1.54, 1.807) is 0 Å². The molecule has 0 aliphatic heterocycles. The largest absolute Gasteiger partial charge is 0.311 e. The summed E-state index contributed by atoms with van der Waals surface area (Å²) >= 11 is 0. The molecule has 16 heavy (non-hydrogen) atoms. The zero-order valence-electron chi connectivity index (χ0n) is 9.36. The molecule has 1 aliphatic carbocycles. The van der Waals surface area contributed by atoms with Crippen molar-refractivity contribution in [2.24, 2.45) is 0 Å². The Labute approximate surface area is 96.4 Å². The maximum absolute atomic E-state index is 13.2. The van der Waals surface area contributed by atoms with Gasteiger partial charge in [-0.2, -0.15) is 8.42 Å². The Hall–Kier alpha value is -0.200. The minimum atomic E-state index is -4.20. The topological polar surface area (TPSA) is 66.4 Å². The number of hydrogen-bond donors (Lipinski definition) is 2. The number of nitrogens with one attached hydrogen (secondary N) is 1. The van der Waals surface area contributed by atoms with E-state index >= 15 is 0 Å². The van der Waals surface area contributed by atoms with Crippen LogP contribution in [0.4, 0.5) is 4.39 Å². The first kappa shape index (κ1) is 13.9. The standard InChI is InChI=1S/C10H20FNO3S/c11-9(8-16(13,14)15)7-12-10-5-3-1-2-4-6-10/h9-10,12H,1-8H2,(H,13,14,15)/t9-/m0/s1. The molecule has 1 atom stereocenters. The monoisotopic (exact) mass is 253 g/mol. The molecule has 0 bridgehead atoms. The Kier molecular flexibility index (Phi) is 5.64. The summed E-state index contributed by atoms with van der Waals surface area (Å²) in [5, 5.41) is 3.03. The lowest BCUT2D eigenvalue weighted by Gasteiger charge is -2.17. The van der Waals surface area contributed by atoms with Crippen LogP contribution in [-0.2, 0) is 10.1 Å². The molecule has 4 nitrogen and oxygen atoms in total. The Morgan fingerprint density at radius 2 is 1.81 bits per heavy atom. The van der Waals surface area contributed by atoms with Crippen molar-refractivity contribution in [3.8, 4) is 0 Å². The van der Waals surface area contributed by atoms with Gasteiger partial charge in [0.05, 0.1) is 0 Å². The van der Waals surface area contributed by atoms with Crippen LogP contribution in [0.2, 0.25) is 0 Å². The molecule has 1 fully saturated rings. The third-order valence-electron chi connectivity index (χ3n) is 2.87.